The van der Waals surface area contributed by atoms with E-state index in [9.17, 15) is 8.42 Å². The standard InChI is InChI=1S/C19H28N2O2S/c1-18(2,3)19(15-20-4)10-12-21(13-11-19)14-16-8-6-7-9-17(16)24(5,22)23/h6-9H,10-15H2,1-3,5H3. The molecule has 0 unspecified atom stereocenters. The van der Waals surface area contributed by atoms with E-state index in [2.05, 4.69) is 30.5 Å². The van der Waals surface area contributed by atoms with Crippen molar-refractivity contribution < 1.29 is 8.42 Å². The number of likely N-dealkylation sites (tertiary alicyclic amines) is 1. The third kappa shape index (κ3) is 3.99. The summed E-state index contributed by atoms with van der Waals surface area (Å²) in [5, 5.41) is 0. The van der Waals surface area contributed by atoms with Crippen LogP contribution in [0.5, 0.6) is 0 Å². The van der Waals surface area contributed by atoms with Crippen LogP contribution in [0.3, 0.4) is 0 Å². The molecule has 0 bridgehead atoms. The topological polar surface area (TPSA) is 41.7 Å². The second-order valence-corrected chi connectivity index (χ2v) is 9.99. The summed E-state index contributed by atoms with van der Waals surface area (Å²) in [5.41, 5.74) is 1.03. The molecule has 1 fully saturated rings. The Hall–Kier alpha value is -1.38. The quantitative estimate of drug-likeness (QED) is 0.780. The third-order valence-corrected chi connectivity index (χ3v) is 6.75. The fraction of sp³-hybridized carbons (Fsp3) is 0.632. The molecule has 0 spiro atoms. The largest absolute Gasteiger partial charge is 0.316 e. The lowest BCUT2D eigenvalue weighted by Gasteiger charge is -2.46. The lowest BCUT2D eigenvalue weighted by atomic mass is 9.61. The highest BCUT2D eigenvalue weighted by atomic mass is 32.2. The Bertz CT molecular complexity index is 718. The molecule has 1 aromatic rings. The molecule has 4 nitrogen and oxygen atoms in total. The van der Waals surface area contributed by atoms with Crippen LogP contribution in [0.1, 0.15) is 39.2 Å². The highest BCUT2D eigenvalue weighted by molar-refractivity contribution is 7.90. The maximum Gasteiger partial charge on any atom is 0.220 e. The highest BCUT2D eigenvalue weighted by Crippen LogP contribution is 2.47. The molecular weight excluding hydrogens is 320 g/mol. The van der Waals surface area contributed by atoms with E-state index < -0.39 is 9.84 Å². The van der Waals surface area contributed by atoms with E-state index in [-0.39, 0.29) is 10.8 Å². The van der Waals surface area contributed by atoms with E-state index in [1.807, 2.05) is 12.1 Å². The van der Waals surface area contributed by atoms with Gasteiger partial charge in [0.2, 0.25) is 6.54 Å². The van der Waals surface area contributed by atoms with Gasteiger partial charge in [-0.05, 0) is 43.0 Å². The molecular formula is C19H28N2O2S. The summed E-state index contributed by atoms with van der Waals surface area (Å²) < 4.78 is 23.9. The summed E-state index contributed by atoms with van der Waals surface area (Å²) in [6.45, 7) is 17.0. The van der Waals surface area contributed by atoms with E-state index in [0.717, 1.165) is 31.5 Å². The predicted octanol–water partition coefficient (Wildman–Crippen LogP) is 3.64. The number of hydrogen-bond acceptors (Lipinski definition) is 3. The smallest absolute Gasteiger partial charge is 0.220 e. The first-order valence-corrected chi connectivity index (χ1v) is 10.3. The average molecular weight is 349 g/mol. The molecule has 1 aliphatic heterocycles. The number of sulfone groups is 1. The van der Waals surface area contributed by atoms with Gasteiger partial charge in [0.15, 0.2) is 9.84 Å². The minimum absolute atomic E-state index is 0.0571. The fourth-order valence-corrected chi connectivity index (χ4v) is 4.61. The molecule has 5 heteroatoms. The molecule has 0 atom stereocenters. The van der Waals surface area contributed by atoms with Crippen LogP contribution in [0.4, 0.5) is 0 Å². The van der Waals surface area contributed by atoms with Gasteiger partial charge in [-0.2, -0.15) is 0 Å². The summed E-state index contributed by atoms with van der Waals surface area (Å²) >= 11 is 0. The highest BCUT2D eigenvalue weighted by Gasteiger charge is 2.46. The zero-order chi connectivity index (χ0) is 18.0. The van der Waals surface area contributed by atoms with Gasteiger partial charge in [0.1, 0.15) is 0 Å². The van der Waals surface area contributed by atoms with Crippen molar-refractivity contribution >= 4 is 9.84 Å². The van der Waals surface area contributed by atoms with E-state index in [4.69, 9.17) is 6.57 Å². The van der Waals surface area contributed by atoms with Gasteiger partial charge in [-0.15, -0.1) is 0 Å². The van der Waals surface area contributed by atoms with Crippen molar-refractivity contribution in [3.8, 4) is 0 Å². The first-order valence-electron chi connectivity index (χ1n) is 8.43. The summed E-state index contributed by atoms with van der Waals surface area (Å²) in [4.78, 5) is 6.45. The first-order chi connectivity index (χ1) is 11.1. The monoisotopic (exact) mass is 348 g/mol. The van der Waals surface area contributed by atoms with Crippen molar-refractivity contribution in [3.63, 3.8) is 0 Å². The van der Waals surface area contributed by atoms with E-state index in [0.29, 0.717) is 18.0 Å². The Morgan fingerprint density at radius 2 is 1.79 bits per heavy atom. The van der Waals surface area contributed by atoms with Gasteiger partial charge in [0, 0.05) is 18.2 Å². The van der Waals surface area contributed by atoms with Gasteiger partial charge in [-0.25, -0.2) is 15.0 Å². The summed E-state index contributed by atoms with van der Waals surface area (Å²) in [6, 6.07) is 7.26. The van der Waals surface area contributed by atoms with Gasteiger partial charge in [-0.1, -0.05) is 39.0 Å². The molecule has 0 radical (unpaired) electrons. The van der Waals surface area contributed by atoms with Crippen molar-refractivity contribution in [1.29, 1.82) is 0 Å². The van der Waals surface area contributed by atoms with E-state index in [1.165, 1.54) is 6.26 Å². The summed E-state index contributed by atoms with van der Waals surface area (Å²) in [7, 11) is -3.21. The minimum Gasteiger partial charge on any atom is -0.316 e. The first kappa shape index (κ1) is 19.0. The Morgan fingerprint density at radius 3 is 2.29 bits per heavy atom. The van der Waals surface area contributed by atoms with Crippen molar-refractivity contribution in [1.82, 2.24) is 4.90 Å². The van der Waals surface area contributed by atoms with Gasteiger partial charge >= 0.3 is 0 Å². The van der Waals surface area contributed by atoms with Gasteiger partial charge in [0.05, 0.1) is 4.90 Å². The molecule has 1 aromatic carbocycles. The van der Waals surface area contributed by atoms with Crippen LogP contribution in [0.15, 0.2) is 29.2 Å². The molecule has 2 rings (SSSR count). The Balaban J connectivity index is 2.13. The molecule has 0 amide bonds. The van der Waals surface area contributed by atoms with Crippen LogP contribution in [-0.2, 0) is 16.4 Å². The molecule has 1 saturated heterocycles. The number of rotatable bonds is 4. The maximum atomic E-state index is 12.0. The van der Waals surface area contributed by atoms with Crippen LogP contribution in [-0.4, -0.2) is 39.2 Å². The van der Waals surface area contributed by atoms with Crippen LogP contribution in [0, 0.1) is 17.4 Å². The molecule has 1 aliphatic rings. The normalized spacial score (nSPS) is 19.0. The molecule has 0 N–H and O–H groups in total. The van der Waals surface area contributed by atoms with Crippen LogP contribution >= 0.6 is 0 Å². The van der Waals surface area contributed by atoms with E-state index in [1.54, 1.807) is 12.1 Å². The molecule has 0 saturated carbocycles. The lowest BCUT2D eigenvalue weighted by Crippen LogP contribution is -2.48. The average Bonchev–Trinajstić information content (AvgIpc) is 2.48. The minimum atomic E-state index is -3.21. The molecule has 0 aliphatic carbocycles. The zero-order valence-electron chi connectivity index (χ0n) is 15.2. The van der Waals surface area contributed by atoms with Crippen molar-refractivity contribution in [3.05, 3.63) is 41.2 Å². The van der Waals surface area contributed by atoms with Crippen molar-refractivity contribution in [2.24, 2.45) is 10.8 Å². The number of nitrogens with zero attached hydrogens (tertiary/aromatic N) is 2. The number of hydrogen-bond donors (Lipinski definition) is 0. The SMILES string of the molecule is [C-]#[N+]CC1(C(C)(C)C)CCN(Cc2ccccc2S(C)(=O)=O)CC1. The summed E-state index contributed by atoms with van der Waals surface area (Å²) in [5.74, 6) is 0. The number of benzene rings is 1. The Kier molecular flexibility index (Phi) is 5.41. The Labute approximate surface area is 146 Å². The van der Waals surface area contributed by atoms with Crippen LogP contribution in [0.2, 0.25) is 0 Å². The predicted molar refractivity (Wildman–Crippen MR) is 97.4 cm³/mol. The third-order valence-electron chi connectivity index (χ3n) is 5.55. The maximum absolute atomic E-state index is 12.0. The second-order valence-electron chi connectivity index (χ2n) is 8.00. The summed E-state index contributed by atoms with van der Waals surface area (Å²) in [6.07, 6.45) is 3.24. The molecule has 132 valence electrons. The molecule has 0 aromatic heterocycles. The number of piperidine rings is 1. The van der Waals surface area contributed by atoms with Crippen molar-refractivity contribution in [2.45, 2.75) is 45.1 Å². The van der Waals surface area contributed by atoms with Crippen LogP contribution < -0.4 is 0 Å². The second kappa shape index (κ2) is 6.85. The van der Waals surface area contributed by atoms with Crippen molar-refractivity contribution in [2.75, 3.05) is 25.9 Å². The molecule has 1 heterocycles. The van der Waals surface area contributed by atoms with Crippen LogP contribution in [0.25, 0.3) is 4.85 Å². The van der Waals surface area contributed by atoms with E-state index >= 15 is 0 Å². The van der Waals surface area contributed by atoms with Gasteiger partial charge in [-0.3, -0.25) is 4.90 Å². The van der Waals surface area contributed by atoms with Gasteiger partial charge < -0.3 is 4.85 Å². The Morgan fingerprint density at radius 1 is 1.21 bits per heavy atom. The fourth-order valence-electron chi connectivity index (χ4n) is 3.67. The van der Waals surface area contributed by atoms with Gasteiger partial charge in [0.25, 0.3) is 0 Å². The molecule has 24 heavy (non-hydrogen) atoms. The lowest BCUT2D eigenvalue weighted by molar-refractivity contribution is 0.0171. The zero-order valence-corrected chi connectivity index (χ0v) is 16.0.